The van der Waals surface area contributed by atoms with E-state index in [9.17, 15) is 9.59 Å². The van der Waals surface area contributed by atoms with Crippen molar-refractivity contribution in [2.45, 2.75) is 271 Å². The molecule has 0 amide bonds. The Balaban J connectivity index is 4.26. The fourth-order valence-corrected chi connectivity index (χ4v) is 7.34. The van der Waals surface area contributed by atoms with Crippen LogP contribution < -0.4 is 0 Å². The first-order chi connectivity index (χ1) is 29.6. The Morgan fingerprint density at radius 1 is 0.367 bits per heavy atom. The van der Waals surface area contributed by atoms with Gasteiger partial charge in [-0.15, -0.1) is 0 Å². The maximum Gasteiger partial charge on any atom is 0.306 e. The summed E-state index contributed by atoms with van der Waals surface area (Å²) in [6.45, 7) is 7.76. The molecule has 0 radical (unpaired) electrons. The molecule has 0 saturated heterocycles. The van der Waals surface area contributed by atoms with Crippen LogP contribution in [0.4, 0.5) is 0 Å². The van der Waals surface area contributed by atoms with E-state index in [1.54, 1.807) is 0 Å². The molecule has 0 aromatic rings. The van der Waals surface area contributed by atoms with Crippen LogP contribution in [0.5, 0.6) is 0 Å². The van der Waals surface area contributed by atoms with Crippen LogP contribution in [0.3, 0.4) is 0 Å². The number of ether oxygens (including phenoxy) is 3. The molecule has 0 saturated carbocycles. The van der Waals surface area contributed by atoms with Crippen molar-refractivity contribution in [1.29, 1.82) is 0 Å². The highest BCUT2D eigenvalue weighted by molar-refractivity contribution is 5.70. The van der Waals surface area contributed by atoms with Gasteiger partial charge in [0, 0.05) is 19.4 Å². The van der Waals surface area contributed by atoms with Crippen LogP contribution in [0.25, 0.3) is 0 Å². The van der Waals surface area contributed by atoms with Gasteiger partial charge in [0.1, 0.15) is 6.61 Å². The summed E-state index contributed by atoms with van der Waals surface area (Å²) in [5.41, 5.74) is 0. The van der Waals surface area contributed by atoms with E-state index in [4.69, 9.17) is 14.2 Å². The summed E-state index contributed by atoms with van der Waals surface area (Å²) >= 11 is 0. The van der Waals surface area contributed by atoms with Crippen LogP contribution in [-0.4, -0.2) is 37.9 Å². The van der Waals surface area contributed by atoms with Gasteiger partial charge in [0.15, 0.2) is 6.10 Å². The van der Waals surface area contributed by atoms with E-state index in [-0.39, 0.29) is 25.2 Å². The average molecular weight is 841 g/mol. The van der Waals surface area contributed by atoms with Gasteiger partial charge in [-0.25, -0.2) is 0 Å². The van der Waals surface area contributed by atoms with E-state index in [0.29, 0.717) is 19.4 Å². The second-order valence-electron chi connectivity index (χ2n) is 17.4. The topological polar surface area (TPSA) is 61.8 Å². The van der Waals surface area contributed by atoms with Gasteiger partial charge < -0.3 is 14.2 Å². The van der Waals surface area contributed by atoms with Gasteiger partial charge in [0.05, 0.1) is 6.61 Å². The van der Waals surface area contributed by atoms with Crippen molar-refractivity contribution in [3.05, 3.63) is 48.6 Å². The van der Waals surface area contributed by atoms with Gasteiger partial charge >= 0.3 is 11.9 Å². The molecular weight excluding hydrogens is 741 g/mol. The number of unbranched alkanes of at least 4 members (excludes halogenated alkanes) is 29. The normalized spacial score (nSPS) is 12.5. The van der Waals surface area contributed by atoms with Crippen molar-refractivity contribution in [2.24, 2.45) is 0 Å². The Kier molecular flexibility index (Phi) is 49.4. The summed E-state index contributed by atoms with van der Waals surface area (Å²) < 4.78 is 17.4. The van der Waals surface area contributed by atoms with Crippen LogP contribution in [0, 0.1) is 0 Å². The highest BCUT2D eigenvalue weighted by Gasteiger charge is 2.17. The monoisotopic (exact) mass is 841 g/mol. The fourth-order valence-electron chi connectivity index (χ4n) is 7.34. The molecule has 0 aromatic heterocycles. The second-order valence-corrected chi connectivity index (χ2v) is 17.4. The molecule has 0 bridgehead atoms. The number of esters is 2. The SMILES string of the molecule is CCCC/C=C\CCCCCCCCOCC(COC(=O)CCCCCCCCC/C=C\C/C=C\CCCCC)OC(=O)CCCCCCC/C=C\CCCCCCCC. The summed E-state index contributed by atoms with van der Waals surface area (Å²) in [6, 6.07) is 0. The van der Waals surface area contributed by atoms with Gasteiger partial charge in [-0.1, -0.05) is 204 Å². The van der Waals surface area contributed by atoms with Crippen molar-refractivity contribution in [1.82, 2.24) is 0 Å². The van der Waals surface area contributed by atoms with E-state index in [0.717, 1.165) is 64.2 Å². The van der Waals surface area contributed by atoms with Gasteiger partial charge in [-0.3, -0.25) is 9.59 Å². The van der Waals surface area contributed by atoms with Gasteiger partial charge in [0.25, 0.3) is 0 Å². The van der Waals surface area contributed by atoms with Crippen molar-refractivity contribution >= 4 is 11.9 Å². The zero-order valence-corrected chi connectivity index (χ0v) is 40.2. The molecule has 0 aliphatic heterocycles. The van der Waals surface area contributed by atoms with Gasteiger partial charge in [0.2, 0.25) is 0 Å². The first kappa shape index (κ1) is 57.9. The third kappa shape index (κ3) is 48.5. The molecule has 0 aliphatic rings. The largest absolute Gasteiger partial charge is 0.462 e. The smallest absolute Gasteiger partial charge is 0.306 e. The summed E-state index contributed by atoms with van der Waals surface area (Å²) in [5.74, 6) is -0.411. The van der Waals surface area contributed by atoms with Crippen molar-refractivity contribution in [2.75, 3.05) is 19.8 Å². The number of hydrogen-bond acceptors (Lipinski definition) is 5. The third-order valence-corrected chi connectivity index (χ3v) is 11.3. The van der Waals surface area contributed by atoms with Crippen molar-refractivity contribution in [3.8, 4) is 0 Å². The molecule has 5 heteroatoms. The first-order valence-corrected chi connectivity index (χ1v) is 26.2. The Morgan fingerprint density at radius 2 is 0.717 bits per heavy atom. The van der Waals surface area contributed by atoms with Crippen LogP contribution >= 0.6 is 0 Å². The minimum absolute atomic E-state index is 0.0769. The quantitative estimate of drug-likeness (QED) is 0.0347. The van der Waals surface area contributed by atoms with Crippen LogP contribution in [-0.2, 0) is 23.8 Å². The zero-order chi connectivity index (χ0) is 43.5. The van der Waals surface area contributed by atoms with Crippen LogP contribution in [0.1, 0.15) is 265 Å². The Morgan fingerprint density at radius 3 is 1.20 bits per heavy atom. The number of rotatable bonds is 48. The number of allylic oxidation sites excluding steroid dienone is 8. The Bertz CT molecular complexity index is 997. The van der Waals surface area contributed by atoms with E-state index in [1.165, 1.54) is 167 Å². The van der Waals surface area contributed by atoms with E-state index in [1.807, 2.05) is 0 Å². The highest BCUT2D eigenvalue weighted by atomic mass is 16.6. The average Bonchev–Trinajstić information content (AvgIpc) is 3.25. The summed E-state index contributed by atoms with van der Waals surface area (Å²) in [7, 11) is 0. The summed E-state index contributed by atoms with van der Waals surface area (Å²) in [6.07, 6.45) is 62.5. The predicted octanol–water partition coefficient (Wildman–Crippen LogP) is 17.6. The predicted molar refractivity (Wildman–Crippen MR) is 261 cm³/mol. The second kappa shape index (κ2) is 51.2. The highest BCUT2D eigenvalue weighted by Crippen LogP contribution is 2.14. The minimum atomic E-state index is -0.545. The van der Waals surface area contributed by atoms with Gasteiger partial charge in [-0.2, -0.15) is 0 Å². The van der Waals surface area contributed by atoms with Crippen LogP contribution in [0.2, 0.25) is 0 Å². The molecule has 1 unspecified atom stereocenters. The Hall–Kier alpha value is -2.14. The van der Waals surface area contributed by atoms with Gasteiger partial charge in [-0.05, 0) is 96.3 Å². The lowest BCUT2D eigenvalue weighted by Gasteiger charge is -2.18. The summed E-state index contributed by atoms with van der Waals surface area (Å²) in [4.78, 5) is 25.4. The lowest BCUT2D eigenvalue weighted by atomic mass is 10.1. The summed E-state index contributed by atoms with van der Waals surface area (Å²) in [5, 5.41) is 0. The van der Waals surface area contributed by atoms with Crippen molar-refractivity contribution in [3.63, 3.8) is 0 Å². The first-order valence-electron chi connectivity index (χ1n) is 26.2. The molecular formula is C55H100O5. The molecule has 0 rings (SSSR count). The van der Waals surface area contributed by atoms with Crippen LogP contribution in [0.15, 0.2) is 48.6 Å². The fraction of sp³-hybridized carbons (Fsp3) is 0.818. The molecule has 0 fully saturated rings. The number of carbonyl (C=O) groups is 2. The standard InChI is InChI=1S/C55H100O5/c1-4-7-10-13-16-19-22-25-27-28-30-31-33-36-39-42-45-48-54(56)59-52-53(51-58-50-47-44-41-38-35-24-21-18-15-12-9-6-3)60-55(57)49-46-43-40-37-34-32-29-26-23-20-17-14-11-8-5-2/h15-16,18-19,25-27,29,53H,4-14,17,20-24,28,30-52H2,1-3H3/b18-15-,19-16-,27-25-,29-26-. The molecule has 1 atom stereocenters. The molecule has 0 spiro atoms. The molecule has 350 valence electrons. The maximum atomic E-state index is 12.8. The maximum absolute atomic E-state index is 12.8. The molecule has 0 N–H and O–H groups in total. The molecule has 0 aromatic carbocycles. The zero-order valence-electron chi connectivity index (χ0n) is 40.2. The molecule has 0 aliphatic carbocycles. The van der Waals surface area contributed by atoms with E-state index >= 15 is 0 Å². The number of hydrogen-bond donors (Lipinski definition) is 0. The number of carbonyl (C=O) groups excluding carboxylic acids is 2. The van der Waals surface area contributed by atoms with E-state index in [2.05, 4.69) is 69.4 Å². The molecule has 60 heavy (non-hydrogen) atoms. The lowest BCUT2D eigenvalue weighted by Crippen LogP contribution is -2.30. The van der Waals surface area contributed by atoms with Crippen molar-refractivity contribution < 1.29 is 23.8 Å². The van der Waals surface area contributed by atoms with E-state index < -0.39 is 6.10 Å². The third-order valence-electron chi connectivity index (χ3n) is 11.3. The minimum Gasteiger partial charge on any atom is -0.462 e. The Labute approximate surface area is 373 Å². The molecule has 0 heterocycles. The molecule has 5 nitrogen and oxygen atoms in total. The lowest BCUT2D eigenvalue weighted by molar-refractivity contribution is -0.163.